The number of hydrazine groups is 2. The predicted octanol–water partition coefficient (Wildman–Crippen LogP) is 6.13. The number of ether oxygens (including phenoxy) is 1. The Labute approximate surface area is 417 Å². The maximum atomic E-state index is 14.6. The zero-order chi connectivity index (χ0) is 50.5. The summed E-state index contributed by atoms with van der Waals surface area (Å²) in [5, 5.41) is 11.3. The van der Waals surface area contributed by atoms with Crippen molar-refractivity contribution in [1.29, 1.82) is 0 Å². The van der Waals surface area contributed by atoms with Gasteiger partial charge in [-0.25, -0.2) is 29.4 Å². The van der Waals surface area contributed by atoms with Crippen LogP contribution in [-0.4, -0.2) is 131 Å². The summed E-state index contributed by atoms with van der Waals surface area (Å²) < 4.78 is 34.9. The number of hydroxylamine groups is 1. The van der Waals surface area contributed by atoms with Gasteiger partial charge in [0.1, 0.15) is 18.2 Å². The van der Waals surface area contributed by atoms with Crippen molar-refractivity contribution in [3.63, 3.8) is 0 Å². The van der Waals surface area contributed by atoms with Gasteiger partial charge in [0.25, 0.3) is 0 Å². The molecule has 0 radical (unpaired) electrons. The molecule has 70 heavy (non-hydrogen) atoms. The first-order chi connectivity index (χ1) is 33.5. The lowest BCUT2D eigenvalue weighted by Crippen LogP contribution is -2.56. The molecule has 2 fully saturated rings. The molecule has 0 spiro atoms. The van der Waals surface area contributed by atoms with Gasteiger partial charge in [-0.15, -0.1) is 5.06 Å². The molecule has 0 aliphatic carbocycles. The molecule has 5 atom stereocenters. The van der Waals surface area contributed by atoms with Gasteiger partial charge in [0.15, 0.2) is 5.82 Å². The van der Waals surface area contributed by atoms with Gasteiger partial charge in [-0.05, 0) is 68.3 Å². The van der Waals surface area contributed by atoms with Gasteiger partial charge < -0.3 is 25.2 Å². The summed E-state index contributed by atoms with van der Waals surface area (Å²) in [5.74, 6) is -2.53. The third-order valence-corrected chi connectivity index (χ3v) is 13.0. The number of nitrogens with one attached hydrogen (secondary N) is 4. The zero-order valence-corrected chi connectivity index (χ0v) is 41.6. The van der Waals surface area contributed by atoms with E-state index in [1.54, 1.807) is 34.2 Å². The monoisotopic (exact) mass is 1010 g/mol. The minimum Gasteiger partial charge on any atom is -0.445 e. The van der Waals surface area contributed by atoms with Gasteiger partial charge in [0.2, 0.25) is 23.6 Å². The van der Waals surface area contributed by atoms with Gasteiger partial charge >= 0.3 is 6.09 Å². The fourth-order valence-corrected chi connectivity index (χ4v) is 9.03. The largest absolute Gasteiger partial charge is 0.445 e. The summed E-state index contributed by atoms with van der Waals surface area (Å²) in [6.45, 7) is 10.2. The molecule has 17 nitrogen and oxygen atoms in total. The Morgan fingerprint density at radius 1 is 0.743 bits per heavy atom. The number of pyridine rings is 1. The third-order valence-electron chi connectivity index (χ3n) is 12.2. The number of carbonyl (C=O) groups excluding carboxylic acids is 5. The van der Waals surface area contributed by atoms with Crippen LogP contribution in [0.25, 0.3) is 10.8 Å². The predicted molar refractivity (Wildman–Crippen MR) is 262 cm³/mol. The van der Waals surface area contributed by atoms with E-state index in [1.165, 1.54) is 48.1 Å². The molecule has 5 amide bonds. The fourth-order valence-electron chi connectivity index (χ4n) is 8.65. The SMILES string of the molecule is CC(=O)N(NCc1cccc(F)c1Cl)[C@@H](CCC(=O)N1CCN[C@@H](C)C1)COC(=O)N(OC[C@H](CCC(=O)N1C[C@@H](C)N[C@@H](C)C1)N(NCc1cccc(F)c1Cl)C(C)=O)c1cc2ccccc2cn1. The van der Waals surface area contributed by atoms with Crippen LogP contribution in [0.3, 0.4) is 0 Å². The molecule has 378 valence electrons. The highest BCUT2D eigenvalue weighted by Crippen LogP contribution is 2.25. The van der Waals surface area contributed by atoms with Crippen molar-refractivity contribution in [2.24, 2.45) is 0 Å². The Morgan fingerprint density at radius 3 is 1.83 bits per heavy atom. The molecule has 0 saturated carbocycles. The Hall–Kier alpha value is -5.54. The number of hydrogen-bond acceptors (Lipinski definition) is 12. The maximum absolute atomic E-state index is 14.6. The van der Waals surface area contributed by atoms with Crippen LogP contribution in [0.15, 0.2) is 72.9 Å². The molecule has 21 heteroatoms. The van der Waals surface area contributed by atoms with Crippen molar-refractivity contribution < 1.29 is 42.3 Å². The third kappa shape index (κ3) is 14.8. The second kappa shape index (κ2) is 25.5. The molecule has 2 aliphatic heterocycles. The van der Waals surface area contributed by atoms with Crippen LogP contribution in [0, 0.1) is 11.6 Å². The number of carbonyl (C=O) groups is 5. The van der Waals surface area contributed by atoms with Crippen molar-refractivity contribution in [1.82, 2.24) is 46.3 Å². The van der Waals surface area contributed by atoms with E-state index in [0.717, 1.165) is 10.4 Å². The van der Waals surface area contributed by atoms with E-state index in [2.05, 4.69) is 26.5 Å². The average molecular weight is 1010 g/mol. The van der Waals surface area contributed by atoms with Crippen molar-refractivity contribution in [3.8, 4) is 0 Å². The van der Waals surface area contributed by atoms with E-state index >= 15 is 0 Å². The lowest BCUT2D eigenvalue weighted by molar-refractivity contribution is -0.140. The number of rotatable bonds is 20. The Kier molecular flexibility index (Phi) is 19.6. The van der Waals surface area contributed by atoms with Crippen molar-refractivity contribution >= 4 is 69.5 Å². The molecule has 3 aromatic carbocycles. The fraction of sp³-hybridized carbons (Fsp3) is 0.469. The highest BCUT2D eigenvalue weighted by molar-refractivity contribution is 6.31. The van der Waals surface area contributed by atoms with Gasteiger partial charge in [0, 0.05) is 102 Å². The zero-order valence-electron chi connectivity index (χ0n) is 40.1. The van der Waals surface area contributed by atoms with Crippen LogP contribution in [0.1, 0.15) is 71.4 Å². The summed E-state index contributed by atoms with van der Waals surface area (Å²) in [6.07, 6.45) is 0.613. The molecule has 4 aromatic rings. The average Bonchev–Trinajstić information content (AvgIpc) is 3.32. The first-order valence-corrected chi connectivity index (χ1v) is 24.2. The molecular formula is C49H62Cl2F2N10O7. The van der Waals surface area contributed by atoms with E-state index in [0.29, 0.717) is 49.2 Å². The van der Waals surface area contributed by atoms with E-state index < -0.39 is 48.2 Å². The molecule has 2 saturated heterocycles. The summed E-state index contributed by atoms with van der Waals surface area (Å²) in [4.78, 5) is 83.0. The number of aromatic nitrogens is 1. The highest BCUT2D eigenvalue weighted by Gasteiger charge is 2.32. The van der Waals surface area contributed by atoms with Gasteiger partial charge in [-0.3, -0.25) is 34.0 Å². The summed E-state index contributed by atoms with van der Waals surface area (Å²) >= 11 is 12.5. The van der Waals surface area contributed by atoms with Crippen LogP contribution in [0.4, 0.5) is 19.4 Å². The van der Waals surface area contributed by atoms with E-state index in [4.69, 9.17) is 32.8 Å². The molecule has 1 aromatic heterocycles. The summed E-state index contributed by atoms with van der Waals surface area (Å²) in [5.41, 5.74) is 6.77. The van der Waals surface area contributed by atoms with Gasteiger partial charge in [-0.1, -0.05) is 71.7 Å². The number of anilines is 1. The quantitative estimate of drug-likeness (QED) is 0.0746. The molecular weight excluding hydrogens is 950 g/mol. The molecule has 3 heterocycles. The first-order valence-electron chi connectivity index (χ1n) is 23.4. The minimum atomic E-state index is -1.06. The van der Waals surface area contributed by atoms with E-state index in [-0.39, 0.29) is 91.2 Å². The lowest BCUT2D eigenvalue weighted by atomic mass is 10.1. The number of halogens is 4. The molecule has 4 N–H and O–H groups in total. The number of fused-ring (bicyclic) bond motifs is 1. The van der Waals surface area contributed by atoms with E-state index in [1.807, 2.05) is 45.0 Å². The van der Waals surface area contributed by atoms with Crippen LogP contribution in [0.5, 0.6) is 0 Å². The highest BCUT2D eigenvalue weighted by atomic mass is 35.5. The first kappa shape index (κ1) is 53.8. The van der Waals surface area contributed by atoms with Gasteiger partial charge in [-0.2, -0.15) is 0 Å². The second-order valence-corrected chi connectivity index (χ2v) is 18.5. The maximum Gasteiger partial charge on any atom is 0.440 e. The Morgan fingerprint density at radius 2 is 1.27 bits per heavy atom. The van der Waals surface area contributed by atoms with Crippen LogP contribution < -0.4 is 26.5 Å². The van der Waals surface area contributed by atoms with Crippen molar-refractivity contribution in [2.75, 3.05) is 51.0 Å². The lowest BCUT2D eigenvalue weighted by Gasteiger charge is -2.37. The second-order valence-electron chi connectivity index (χ2n) is 17.8. The molecule has 6 rings (SSSR count). The molecule has 0 bridgehead atoms. The Balaban J connectivity index is 1.28. The number of amides is 5. The number of hydrogen-bond donors (Lipinski definition) is 4. The number of piperazine rings is 2. The molecule has 0 unspecified atom stereocenters. The van der Waals surface area contributed by atoms with Crippen LogP contribution in [0.2, 0.25) is 10.0 Å². The van der Waals surface area contributed by atoms with Crippen molar-refractivity contribution in [3.05, 3.63) is 106 Å². The van der Waals surface area contributed by atoms with Crippen molar-refractivity contribution in [2.45, 2.75) is 104 Å². The summed E-state index contributed by atoms with van der Waals surface area (Å²) in [6, 6.07) is 15.9. The normalized spacial score (nSPS) is 18.0. The molecule has 2 aliphatic rings. The number of nitrogens with zero attached hydrogens (tertiary/aromatic N) is 6. The Bertz CT molecular complexity index is 2470. The minimum absolute atomic E-state index is 0.000286. The van der Waals surface area contributed by atoms with E-state index in [9.17, 15) is 32.8 Å². The van der Waals surface area contributed by atoms with Crippen LogP contribution in [-0.2, 0) is 41.8 Å². The smallest absolute Gasteiger partial charge is 0.440 e. The van der Waals surface area contributed by atoms with Gasteiger partial charge in [0.05, 0.1) is 28.7 Å². The topological polar surface area (TPSA) is 181 Å². The standard InChI is InChI=1S/C49H62Cl2F2N10O7/c1-31-26-59(21-20-54-31)45(66)18-16-40(61(34(4)64)56-24-38-12-8-14-42(52)47(38)50)29-69-49(68)63(44-22-36-10-6-7-11-37(36)23-55-44)70-30-41(17-19-46(67)60-27-32(2)58-33(3)28-60)62(35(5)65)57-25-39-13-9-15-43(53)48(39)51/h6-15,22-23,31-33,40-41,54,56-58H,16-21,24-30H2,1-5H3/t31-,32-,33+,40-,41-/m0/s1. The number of benzene rings is 3. The summed E-state index contributed by atoms with van der Waals surface area (Å²) in [7, 11) is 0. The van der Waals surface area contributed by atoms with Crippen LogP contribution >= 0.6 is 23.2 Å².